The van der Waals surface area contributed by atoms with Gasteiger partial charge in [0.2, 0.25) is 0 Å². The maximum Gasteiger partial charge on any atom is 0.295 e. The molecule has 0 aliphatic carbocycles. The van der Waals surface area contributed by atoms with Crippen LogP contribution in [0.1, 0.15) is 16.9 Å². The van der Waals surface area contributed by atoms with Gasteiger partial charge in [0, 0.05) is 6.07 Å². The second kappa shape index (κ2) is 8.15. The lowest BCUT2D eigenvalue weighted by atomic mass is 10.1. The van der Waals surface area contributed by atoms with Crippen molar-refractivity contribution in [3.63, 3.8) is 0 Å². The molecule has 3 aromatic rings. The number of furan rings is 1. The number of hydrogen-bond donors (Lipinski definition) is 2. The summed E-state index contributed by atoms with van der Waals surface area (Å²) in [5, 5.41) is 15.3. The Morgan fingerprint density at radius 2 is 1.86 bits per heavy atom. The summed E-state index contributed by atoms with van der Waals surface area (Å²) in [5.41, 5.74) is 4.29. The van der Waals surface area contributed by atoms with E-state index < -0.39 is 20.6 Å². The Morgan fingerprint density at radius 1 is 1.10 bits per heavy atom. The number of aryl methyl sites for hydroxylation is 2. The second-order valence-corrected chi connectivity index (χ2v) is 7.93. The lowest BCUT2D eigenvalue weighted by Gasteiger charge is -2.12. The van der Waals surface area contributed by atoms with Crippen LogP contribution in [0, 0.1) is 24.0 Å². The molecule has 1 aromatic heterocycles. The first-order valence-electron chi connectivity index (χ1n) is 8.47. The lowest BCUT2D eigenvalue weighted by Crippen LogP contribution is -2.14. The third-order valence-corrected chi connectivity index (χ3v) is 5.39. The zero-order valence-corrected chi connectivity index (χ0v) is 16.4. The molecule has 0 fully saturated rings. The summed E-state index contributed by atoms with van der Waals surface area (Å²) in [4.78, 5) is 10.5. The molecule has 1 heterocycles. The fourth-order valence-electron chi connectivity index (χ4n) is 2.59. The summed E-state index contributed by atoms with van der Waals surface area (Å²) >= 11 is 0. The van der Waals surface area contributed by atoms with E-state index in [0.29, 0.717) is 11.4 Å². The molecule has 29 heavy (non-hydrogen) atoms. The predicted octanol–water partition coefficient (Wildman–Crippen LogP) is 4.05. The van der Waals surface area contributed by atoms with Crippen LogP contribution in [-0.2, 0) is 10.0 Å². The normalized spacial score (nSPS) is 11.5. The number of hydrazone groups is 1. The monoisotopic (exact) mass is 414 g/mol. The largest absolute Gasteiger partial charge is 0.463 e. The smallest absolute Gasteiger partial charge is 0.295 e. The minimum absolute atomic E-state index is 0.0447. The highest BCUT2D eigenvalue weighted by atomic mass is 32.2. The first-order chi connectivity index (χ1) is 13.8. The van der Waals surface area contributed by atoms with Crippen molar-refractivity contribution in [3.05, 3.63) is 81.8 Å². The van der Waals surface area contributed by atoms with Crippen LogP contribution in [0.5, 0.6) is 0 Å². The molecular formula is C19H18N4O5S. The third-order valence-electron chi connectivity index (χ3n) is 4.02. The standard InChI is InChI=1S/C19H18N4O5S/c1-13-5-7-17(14(2)10-13)22-29(26,27)16-6-8-18(19(11-16)23(24)25)21-20-12-15-4-3-9-28-15/h3-12,21-22H,1-2H3/b20-12-. The van der Waals surface area contributed by atoms with E-state index in [1.807, 2.05) is 13.0 Å². The van der Waals surface area contributed by atoms with Gasteiger partial charge in [0.15, 0.2) is 0 Å². The van der Waals surface area contributed by atoms with Crippen LogP contribution < -0.4 is 10.1 Å². The van der Waals surface area contributed by atoms with E-state index in [1.165, 1.54) is 24.6 Å². The van der Waals surface area contributed by atoms with Crippen molar-refractivity contribution in [1.82, 2.24) is 0 Å². The highest BCUT2D eigenvalue weighted by Gasteiger charge is 2.22. The molecular weight excluding hydrogens is 396 g/mol. The molecule has 0 atom stereocenters. The van der Waals surface area contributed by atoms with E-state index >= 15 is 0 Å². The molecule has 9 nitrogen and oxygen atoms in total. The molecule has 0 unspecified atom stereocenters. The van der Waals surface area contributed by atoms with Gasteiger partial charge in [-0.05, 0) is 49.7 Å². The van der Waals surface area contributed by atoms with Crippen molar-refractivity contribution in [3.8, 4) is 0 Å². The van der Waals surface area contributed by atoms with Gasteiger partial charge in [0.25, 0.3) is 15.7 Å². The van der Waals surface area contributed by atoms with Crippen molar-refractivity contribution in [2.45, 2.75) is 18.7 Å². The molecule has 2 N–H and O–H groups in total. The van der Waals surface area contributed by atoms with Gasteiger partial charge in [-0.1, -0.05) is 17.7 Å². The number of benzene rings is 2. The molecule has 0 spiro atoms. The molecule has 0 bridgehead atoms. The van der Waals surface area contributed by atoms with Crippen LogP contribution in [0.2, 0.25) is 0 Å². The number of anilines is 2. The number of sulfonamides is 1. The fraction of sp³-hybridized carbons (Fsp3) is 0.105. The van der Waals surface area contributed by atoms with Crippen molar-refractivity contribution in [1.29, 1.82) is 0 Å². The average molecular weight is 414 g/mol. The quantitative estimate of drug-likeness (QED) is 0.341. The van der Waals surface area contributed by atoms with E-state index in [0.717, 1.165) is 17.2 Å². The Morgan fingerprint density at radius 3 is 2.52 bits per heavy atom. The Hall–Kier alpha value is -3.66. The van der Waals surface area contributed by atoms with Crippen LogP contribution in [0.15, 0.2) is 69.2 Å². The van der Waals surface area contributed by atoms with E-state index in [4.69, 9.17) is 4.42 Å². The number of rotatable bonds is 7. The molecule has 2 aromatic carbocycles. The molecule has 0 aliphatic rings. The number of hydrogen-bond acceptors (Lipinski definition) is 7. The van der Waals surface area contributed by atoms with Gasteiger partial charge < -0.3 is 4.42 Å². The Labute approximate surface area is 167 Å². The van der Waals surface area contributed by atoms with Gasteiger partial charge in [-0.15, -0.1) is 0 Å². The minimum Gasteiger partial charge on any atom is -0.463 e. The van der Waals surface area contributed by atoms with Crippen molar-refractivity contribution >= 4 is 33.3 Å². The summed E-state index contributed by atoms with van der Waals surface area (Å²) in [6.45, 7) is 3.67. The molecule has 0 saturated carbocycles. The average Bonchev–Trinajstić information content (AvgIpc) is 3.17. The van der Waals surface area contributed by atoms with Crippen LogP contribution in [0.25, 0.3) is 0 Å². The predicted molar refractivity (Wildman–Crippen MR) is 110 cm³/mol. The zero-order valence-electron chi connectivity index (χ0n) is 15.6. The summed E-state index contributed by atoms with van der Waals surface area (Å²) < 4.78 is 32.9. The van der Waals surface area contributed by atoms with Gasteiger partial charge in [-0.25, -0.2) is 8.42 Å². The first kappa shape index (κ1) is 20.1. The van der Waals surface area contributed by atoms with Gasteiger partial charge >= 0.3 is 0 Å². The van der Waals surface area contributed by atoms with Crippen molar-refractivity contribution < 1.29 is 17.8 Å². The maximum atomic E-state index is 12.7. The SMILES string of the molecule is Cc1ccc(NS(=O)(=O)c2ccc(N/N=C\c3ccco3)c([N+](=O)[O-])c2)c(C)c1. The summed E-state index contributed by atoms with van der Waals surface area (Å²) in [6, 6.07) is 12.1. The number of nitrogens with one attached hydrogen (secondary N) is 2. The minimum atomic E-state index is -4.01. The highest BCUT2D eigenvalue weighted by molar-refractivity contribution is 7.92. The van der Waals surface area contributed by atoms with E-state index in [2.05, 4.69) is 15.2 Å². The van der Waals surface area contributed by atoms with Crippen LogP contribution in [-0.4, -0.2) is 19.6 Å². The first-order valence-corrected chi connectivity index (χ1v) is 9.96. The number of nitro groups is 1. The van der Waals surface area contributed by atoms with E-state index in [1.54, 1.807) is 31.2 Å². The molecule has 0 radical (unpaired) electrons. The van der Waals surface area contributed by atoms with Gasteiger partial charge in [0.05, 0.1) is 28.0 Å². The molecule has 150 valence electrons. The van der Waals surface area contributed by atoms with Gasteiger partial charge in [-0.2, -0.15) is 5.10 Å². The van der Waals surface area contributed by atoms with Gasteiger partial charge in [0.1, 0.15) is 11.4 Å². The molecule has 10 heteroatoms. The fourth-order valence-corrected chi connectivity index (χ4v) is 3.74. The Balaban J connectivity index is 1.87. The summed E-state index contributed by atoms with van der Waals surface area (Å²) in [5.74, 6) is 0.456. The van der Waals surface area contributed by atoms with Crippen molar-refractivity contribution in [2.75, 3.05) is 10.1 Å². The van der Waals surface area contributed by atoms with Gasteiger partial charge in [-0.3, -0.25) is 20.3 Å². The Bertz CT molecular complexity index is 1170. The van der Waals surface area contributed by atoms with E-state index in [-0.39, 0.29) is 10.6 Å². The second-order valence-electron chi connectivity index (χ2n) is 6.25. The highest BCUT2D eigenvalue weighted by Crippen LogP contribution is 2.29. The summed E-state index contributed by atoms with van der Waals surface area (Å²) in [6.07, 6.45) is 2.81. The number of nitrogens with zero attached hydrogens (tertiary/aromatic N) is 2. The zero-order chi connectivity index (χ0) is 21.0. The third kappa shape index (κ3) is 4.79. The number of nitro benzene ring substituents is 1. The molecule has 0 amide bonds. The molecule has 0 aliphatic heterocycles. The van der Waals surface area contributed by atoms with Crippen LogP contribution in [0.4, 0.5) is 17.1 Å². The summed E-state index contributed by atoms with van der Waals surface area (Å²) in [7, 11) is -4.01. The van der Waals surface area contributed by atoms with Crippen molar-refractivity contribution in [2.24, 2.45) is 5.10 Å². The molecule has 3 rings (SSSR count). The topological polar surface area (TPSA) is 127 Å². The molecule has 0 saturated heterocycles. The Kier molecular flexibility index (Phi) is 5.64. The van der Waals surface area contributed by atoms with Crippen LogP contribution >= 0.6 is 0 Å². The lowest BCUT2D eigenvalue weighted by molar-refractivity contribution is -0.384. The van der Waals surface area contributed by atoms with Crippen LogP contribution in [0.3, 0.4) is 0 Å². The maximum absolute atomic E-state index is 12.7. The van der Waals surface area contributed by atoms with E-state index in [9.17, 15) is 18.5 Å².